The monoisotopic (exact) mass is 279 g/mol. The molecule has 3 amide bonds. The third-order valence-electron chi connectivity index (χ3n) is 2.07. The van der Waals surface area contributed by atoms with E-state index in [1.54, 1.807) is 0 Å². The van der Waals surface area contributed by atoms with Crippen molar-refractivity contribution in [2.75, 3.05) is 20.1 Å². The Labute approximate surface area is 112 Å². The van der Waals surface area contributed by atoms with Gasteiger partial charge in [-0.3, -0.25) is 19.8 Å². The summed E-state index contributed by atoms with van der Waals surface area (Å²) in [4.78, 5) is 34.3. The minimum absolute atomic E-state index is 0. The first-order chi connectivity index (χ1) is 7.88. The molecule has 0 saturated heterocycles. The van der Waals surface area contributed by atoms with Crippen LogP contribution in [0.5, 0.6) is 0 Å². The number of amides is 3. The molecule has 0 radical (unpaired) electrons. The molecule has 0 bridgehead atoms. The van der Waals surface area contributed by atoms with Crippen LogP contribution in [-0.2, 0) is 9.59 Å². The summed E-state index contributed by atoms with van der Waals surface area (Å²) in [6.07, 6.45) is 1.47. The molecule has 0 heterocycles. The molecule has 0 aliphatic carbocycles. The zero-order valence-electron chi connectivity index (χ0n) is 10.3. The fraction of sp³-hybridized carbons (Fsp3) is 0.500. The Hall–Kier alpha value is -1.60. The summed E-state index contributed by atoms with van der Waals surface area (Å²) >= 11 is 0. The summed E-state index contributed by atoms with van der Waals surface area (Å²) in [6.45, 7) is 4.93. The fourth-order valence-corrected chi connectivity index (χ4v) is 0.927. The van der Waals surface area contributed by atoms with E-state index < -0.39 is 23.9 Å². The Morgan fingerprint density at radius 3 is 2.44 bits per heavy atom. The maximum atomic E-state index is 11.3. The topological polar surface area (TPSA) is 98.7 Å². The molecule has 104 valence electrons. The number of carbonyl (C=O) groups is 3. The SMILES string of the molecule is C=CCNC(=O)NC(=O)CN(C)C(C)C(=O)O.Cl. The summed E-state index contributed by atoms with van der Waals surface area (Å²) in [5.74, 6) is -1.60. The van der Waals surface area contributed by atoms with Gasteiger partial charge in [-0.15, -0.1) is 19.0 Å². The molecule has 0 aliphatic heterocycles. The lowest BCUT2D eigenvalue weighted by atomic mass is 10.3. The van der Waals surface area contributed by atoms with Crippen molar-refractivity contribution >= 4 is 30.3 Å². The summed E-state index contributed by atoms with van der Waals surface area (Å²) in [5, 5.41) is 13.1. The van der Waals surface area contributed by atoms with Gasteiger partial charge in [-0.1, -0.05) is 6.08 Å². The van der Waals surface area contributed by atoms with Crippen LogP contribution in [0.4, 0.5) is 4.79 Å². The molecular weight excluding hydrogens is 262 g/mol. The Bertz CT molecular complexity index is 322. The van der Waals surface area contributed by atoms with Crippen molar-refractivity contribution in [2.45, 2.75) is 13.0 Å². The van der Waals surface area contributed by atoms with Crippen LogP contribution < -0.4 is 10.6 Å². The highest BCUT2D eigenvalue weighted by Gasteiger charge is 2.19. The van der Waals surface area contributed by atoms with Crippen molar-refractivity contribution in [3.8, 4) is 0 Å². The zero-order valence-corrected chi connectivity index (χ0v) is 11.1. The fourth-order valence-electron chi connectivity index (χ4n) is 0.927. The largest absolute Gasteiger partial charge is 0.480 e. The highest BCUT2D eigenvalue weighted by Crippen LogP contribution is 1.94. The van der Waals surface area contributed by atoms with Crippen LogP contribution in [0.1, 0.15) is 6.92 Å². The standard InChI is InChI=1S/C10H17N3O4.ClH/c1-4-5-11-10(17)12-8(14)6-13(3)7(2)9(15)16;/h4,7H,1,5-6H2,2-3H3,(H,15,16)(H2,11,12,14,17);1H. The van der Waals surface area contributed by atoms with Gasteiger partial charge in [-0.05, 0) is 14.0 Å². The van der Waals surface area contributed by atoms with Gasteiger partial charge < -0.3 is 10.4 Å². The molecule has 0 aromatic heterocycles. The molecule has 0 fully saturated rings. The van der Waals surface area contributed by atoms with Crippen molar-refractivity contribution in [3.05, 3.63) is 12.7 Å². The molecule has 0 spiro atoms. The minimum Gasteiger partial charge on any atom is -0.480 e. The summed E-state index contributed by atoms with van der Waals surface area (Å²) in [7, 11) is 1.49. The average molecular weight is 280 g/mol. The number of halogens is 1. The van der Waals surface area contributed by atoms with Gasteiger partial charge in [-0.25, -0.2) is 4.79 Å². The van der Waals surface area contributed by atoms with Gasteiger partial charge in [0.05, 0.1) is 6.54 Å². The van der Waals surface area contributed by atoms with Gasteiger partial charge in [0.1, 0.15) is 6.04 Å². The number of rotatable bonds is 6. The van der Waals surface area contributed by atoms with Crippen molar-refractivity contribution in [3.63, 3.8) is 0 Å². The van der Waals surface area contributed by atoms with Crippen molar-refractivity contribution in [2.24, 2.45) is 0 Å². The second kappa shape index (κ2) is 9.43. The lowest BCUT2D eigenvalue weighted by molar-refractivity contribution is -0.142. The Morgan fingerprint density at radius 2 is 2.00 bits per heavy atom. The lowest BCUT2D eigenvalue weighted by Gasteiger charge is -2.19. The predicted molar refractivity (Wildman–Crippen MR) is 68.7 cm³/mol. The van der Waals surface area contributed by atoms with Crippen LogP contribution in [-0.4, -0.2) is 54.1 Å². The van der Waals surface area contributed by atoms with Crippen LogP contribution in [0, 0.1) is 0 Å². The van der Waals surface area contributed by atoms with Crippen LogP contribution in [0.2, 0.25) is 0 Å². The quantitative estimate of drug-likeness (QED) is 0.586. The summed E-state index contributed by atoms with van der Waals surface area (Å²) < 4.78 is 0. The number of carboxylic acids is 1. The minimum atomic E-state index is -1.03. The van der Waals surface area contributed by atoms with Crippen LogP contribution in [0.3, 0.4) is 0 Å². The van der Waals surface area contributed by atoms with E-state index in [1.165, 1.54) is 24.9 Å². The van der Waals surface area contributed by atoms with Gasteiger partial charge in [0, 0.05) is 6.54 Å². The molecule has 0 saturated carbocycles. The number of hydrogen-bond donors (Lipinski definition) is 3. The van der Waals surface area contributed by atoms with Gasteiger partial charge >= 0.3 is 12.0 Å². The maximum Gasteiger partial charge on any atom is 0.321 e. The third kappa shape index (κ3) is 7.64. The van der Waals surface area contributed by atoms with E-state index >= 15 is 0 Å². The number of nitrogens with zero attached hydrogens (tertiary/aromatic N) is 1. The first-order valence-corrected chi connectivity index (χ1v) is 5.00. The van der Waals surface area contributed by atoms with Crippen molar-refractivity contribution in [1.82, 2.24) is 15.5 Å². The zero-order chi connectivity index (χ0) is 13.4. The second-order valence-electron chi connectivity index (χ2n) is 3.48. The second-order valence-corrected chi connectivity index (χ2v) is 3.48. The normalized spacial score (nSPS) is 11.1. The Balaban J connectivity index is 0. The number of hydrogen-bond acceptors (Lipinski definition) is 4. The molecule has 0 aliphatic rings. The van der Waals surface area contributed by atoms with E-state index in [4.69, 9.17) is 5.11 Å². The number of urea groups is 1. The van der Waals surface area contributed by atoms with E-state index in [9.17, 15) is 14.4 Å². The van der Waals surface area contributed by atoms with Crippen molar-refractivity contribution in [1.29, 1.82) is 0 Å². The third-order valence-corrected chi connectivity index (χ3v) is 2.07. The number of imide groups is 1. The first-order valence-electron chi connectivity index (χ1n) is 5.00. The predicted octanol–water partition coefficient (Wildman–Crippen LogP) is -0.175. The van der Waals surface area contributed by atoms with Crippen molar-refractivity contribution < 1.29 is 19.5 Å². The van der Waals surface area contributed by atoms with Gasteiger partial charge in [0.15, 0.2) is 0 Å². The highest BCUT2D eigenvalue weighted by atomic mass is 35.5. The number of carboxylic acid groups (broad SMARTS) is 1. The van der Waals surface area contributed by atoms with E-state index in [0.29, 0.717) is 0 Å². The molecule has 1 atom stereocenters. The van der Waals surface area contributed by atoms with Gasteiger partial charge in [0.2, 0.25) is 5.91 Å². The number of likely N-dealkylation sites (N-methyl/N-ethyl adjacent to an activating group) is 1. The molecule has 3 N–H and O–H groups in total. The Kier molecular flexibility index (Phi) is 9.83. The molecule has 8 heteroatoms. The maximum absolute atomic E-state index is 11.3. The highest BCUT2D eigenvalue weighted by molar-refractivity contribution is 5.95. The van der Waals surface area contributed by atoms with Crippen LogP contribution >= 0.6 is 12.4 Å². The molecule has 0 aromatic carbocycles. The van der Waals surface area contributed by atoms with Crippen LogP contribution in [0.15, 0.2) is 12.7 Å². The molecular formula is C10H18ClN3O4. The van der Waals surface area contributed by atoms with Crippen LogP contribution in [0.25, 0.3) is 0 Å². The Morgan fingerprint density at radius 1 is 1.44 bits per heavy atom. The molecule has 0 aromatic rings. The van der Waals surface area contributed by atoms with E-state index in [1.807, 2.05) is 0 Å². The van der Waals surface area contributed by atoms with E-state index in [-0.39, 0.29) is 25.5 Å². The summed E-state index contributed by atoms with van der Waals surface area (Å²) in [5.41, 5.74) is 0. The first kappa shape index (κ1) is 18.8. The van der Waals surface area contributed by atoms with E-state index in [2.05, 4.69) is 17.2 Å². The number of carbonyl (C=O) groups excluding carboxylic acids is 2. The number of aliphatic carboxylic acids is 1. The summed E-state index contributed by atoms with van der Waals surface area (Å²) in [6, 6.07) is -1.43. The van der Waals surface area contributed by atoms with Gasteiger partial charge in [-0.2, -0.15) is 0 Å². The average Bonchev–Trinajstić information content (AvgIpc) is 2.24. The molecule has 7 nitrogen and oxygen atoms in total. The molecule has 1 unspecified atom stereocenters. The smallest absolute Gasteiger partial charge is 0.321 e. The molecule has 0 rings (SSSR count). The molecule has 18 heavy (non-hydrogen) atoms. The van der Waals surface area contributed by atoms with Gasteiger partial charge in [0.25, 0.3) is 0 Å². The number of nitrogens with one attached hydrogen (secondary N) is 2. The lowest BCUT2D eigenvalue weighted by Crippen LogP contribution is -2.46. The van der Waals surface area contributed by atoms with E-state index in [0.717, 1.165) is 0 Å².